The maximum Gasteiger partial charge on any atom is 0.303 e. The van der Waals surface area contributed by atoms with Crippen molar-refractivity contribution in [2.24, 2.45) is 5.73 Å². The third kappa shape index (κ3) is 5.03. The maximum absolute atomic E-state index is 10.0. The molecule has 0 aliphatic heterocycles. The van der Waals surface area contributed by atoms with Crippen LogP contribution in [0.5, 0.6) is 0 Å². The molecular formula is C6H11NO2. The quantitative estimate of drug-likeness (QED) is 0.429. The summed E-state index contributed by atoms with van der Waals surface area (Å²) in [4.78, 5) is 10.0. The average molecular weight is 132 g/mol. The first-order chi connectivity index (χ1) is 5.02. The lowest BCUT2D eigenvalue weighted by molar-refractivity contribution is -0.137. The Hall–Kier alpha value is -0.830. The standard InChI is InChI=1S/C6H11NO2/c1-2-5(7)3-4-6(8)9/h2,5H,1,3-4,7H2,(H,8,9)/t5-/m1/s1/i1+1D2. The highest BCUT2D eigenvalue weighted by molar-refractivity contribution is 5.66. The molecule has 3 nitrogen and oxygen atoms in total. The van der Waals surface area contributed by atoms with Gasteiger partial charge in [0.1, 0.15) is 0 Å². The van der Waals surface area contributed by atoms with Gasteiger partial charge in [0.25, 0.3) is 0 Å². The van der Waals surface area contributed by atoms with E-state index in [9.17, 15) is 4.79 Å². The van der Waals surface area contributed by atoms with Crippen molar-refractivity contribution < 1.29 is 12.6 Å². The molecule has 0 aliphatic carbocycles. The zero-order valence-corrected chi connectivity index (χ0v) is 5.00. The van der Waals surface area contributed by atoms with Gasteiger partial charge in [-0.3, -0.25) is 4.79 Å². The summed E-state index contributed by atoms with van der Waals surface area (Å²) in [5, 5.41) is 8.23. The van der Waals surface area contributed by atoms with Crippen molar-refractivity contribution in [3.8, 4) is 0 Å². The van der Waals surface area contributed by atoms with Gasteiger partial charge in [-0.15, -0.1) is 6.53 Å². The molecule has 1 atom stereocenters. The minimum absolute atomic E-state index is 0.0229. The monoisotopic (exact) mass is 132 g/mol. The molecular weight excluding hydrogens is 119 g/mol. The van der Waals surface area contributed by atoms with E-state index in [1.54, 1.807) is 0 Å². The van der Waals surface area contributed by atoms with Crippen molar-refractivity contribution >= 4 is 5.97 Å². The first kappa shape index (κ1) is 4.99. The van der Waals surface area contributed by atoms with Crippen LogP contribution in [0, 0.1) is 0 Å². The van der Waals surface area contributed by atoms with Gasteiger partial charge in [0.05, 0.1) is 2.74 Å². The van der Waals surface area contributed by atoms with E-state index in [4.69, 9.17) is 13.6 Å². The SMILES string of the molecule is [2H][13C]([2H])=C[C@@H](N)CCC(=O)O. The number of nitrogens with two attached hydrogens (primary N) is 1. The van der Waals surface area contributed by atoms with E-state index in [1.165, 1.54) is 6.08 Å². The molecule has 52 valence electrons. The van der Waals surface area contributed by atoms with Gasteiger partial charge in [-0.2, -0.15) is 0 Å². The van der Waals surface area contributed by atoms with Crippen molar-refractivity contribution in [1.82, 2.24) is 0 Å². The number of carboxylic acids is 1. The van der Waals surface area contributed by atoms with Crippen LogP contribution in [0.15, 0.2) is 12.6 Å². The van der Waals surface area contributed by atoms with Crippen molar-refractivity contribution in [1.29, 1.82) is 0 Å². The third-order valence-electron chi connectivity index (χ3n) is 0.906. The summed E-state index contributed by atoms with van der Waals surface area (Å²) >= 11 is 0. The van der Waals surface area contributed by atoms with E-state index in [-0.39, 0.29) is 19.4 Å². The molecule has 0 aliphatic rings. The van der Waals surface area contributed by atoms with Crippen LogP contribution in [0.1, 0.15) is 15.6 Å². The summed E-state index contributed by atoms with van der Waals surface area (Å²) in [6.07, 6.45) is 1.46. The van der Waals surface area contributed by atoms with Crippen LogP contribution in [-0.2, 0) is 4.79 Å². The van der Waals surface area contributed by atoms with Gasteiger partial charge < -0.3 is 10.8 Å². The molecule has 0 amide bonds. The van der Waals surface area contributed by atoms with Gasteiger partial charge in [0.15, 0.2) is 0 Å². The Labute approximate surface area is 57.0 Å². The highest BCUT2D eigenvalue weighted by Crippen LogP contribution is 1.93. The Morgan fingerprint density at radius 1 is 2.11 bits per heavy atom. The normalized spacial score (nSPS) is 15.2. The third-order valence-corrected chi connectivity index (χ3v) is 0.906. The zero-order valence-electron chi connectivity index (χ0n) is 7.00. The number of rotatable bonds is 4. The molecule has 0 saturated heterocycles. The second-order valence-electron chi connectivity index (χ2n) is 1.76. The van der Waals surface area contributed by atoms with Gasteiger partial charge in [0.2, 0.25) is 0 Å². The fourth-order valence-corrected chi connectivity index (χ4v) is 0.373. The summed E-state index contributed by atoms with van der Waals surface area (Å²) in [6.45, 7) is -0.372. The van der Waals surface area contributed by atoms with Gasteiger partial charge in [-0.05, 0) is 6.42 Å². The number of carbonyl (C=O) groups is 1. The first-order valence-corrected chi connectivity index (χ1v) is 2.64. The summed E-state index contributed by atoms with van der Waals surface area (Å²) in [5.41, 5.74) is 5.34. The van der Waals surface area contributed by atoms with Crippen LogP contribution in [-0.4, -0.2) is 17.1 Å². The second-order valence-corrected chi connectivity index (χ2v) is 1.76. The second kappa shape index (κ2) is 4.09. The van der Waals surface area contributed by atoms with Gasteiger partial charge >= 0.3 is 5.97 Å². The van der Waals surface area contributed by atoms with E-state index in [2.05, 4.69) is 0 Å². The van der Waals surface area contributed by atoms with E-state index in [0.29, 0.717) is 0 Å². The smallest absolute Gasteiger partial charge is 0.303 e. The molecule has 0 fully saturated rings. The molecule has 0 saturated carbocycles. The van der Waals surface area contributed by atoms with Crippen LogP contribution in [0.25, 0.3) is 0 Å². The zero-order chi connectivity index (χ0) is 8.85. The van der Waals surface area contributed by atoms with Gasteiger partial charge in [0, 0.05) is 12.5 Å². The summed E-state index contributed by atoms with van der Waals surface area (Å²) < 4.78 is 13.4. The van der Waals surface area contributed by atoms with Gasteiger partial charge in [-0.1, -0.05) is 6.08 Å². The Morgan fingerprint density at radius 3 is 3.22 bits per heavy atom. The van der Waals surface area contributed by atoms with E-state index in [0.717, 1.165) is 0 Å². The fraction of sp³-hybridized carbons (Fsp3) is 0.500. The number of hydrogen-bond donors (Lipinski definition) is 2. The first-order valence-electron chi connectivity index (χ1n) is 3.64. The molecule has 0 unspecified atom stereocenters. The Bertz CT molecular complexity index is 166. The largest absolute Gasteiger partial charge is 0.481 e. The molecule has 0 heterocycles. The minimum atomic E-state index is -0.912. The molecule has 0 bridgehead atoms. The highest BCUT2D eigenvalue weighted by Gasteiger charge is 1.99. The lowest BCUT2D eigenvalue weighted by Gasteiger charge is -2.00. The van der Waals surface area contributed by atoms with E-state index < -0.39 is 12.0 Å². The maximum atomic E-state index is 10.0. The summed E-state index contributed by atoms with van der Waals surface area (Å²) in [5.74, 6) is -0.912. The molecule has 3 heteroatoms. The van der Waals surface area contributed by atoms with Crippen LogP contribution >= 0.6 is 0 Å². The number of aliphatic carboxylic acids is 1. The van der Waals surface area contributed by atoms with Gasteiger partial charge in [-0.25, -0.2) is 0 Å². The van der Waals surface area contributed by atoms with Crippen LogP contribution in [0.4, 0.5) is 0 Å². The topological polar surface area (TPSA) is 63.3 Å². The molecule has 0 aromatic carbocycles. The van der Waals surface area contributed by atoms with E-state index >= 15 is 0 Å². The molecule has 0 aromatic rings. The van der Waals surface area contributed by atoms with Crippen LogP contribution in [0.2, 0.25) is 0 Å². The Kier molecular flexibility index (Phi) is 2.27. The Morgan fingerprint density at radius 2 is 2.78 bits per heavy atom. The van der Waals surface area contributed by atoms with E-state index in [1.807, 2.05) is 0 Å². The molecule has 9 heavy (non-hydrogen) atoms. The molecule has 3 N–H and O–H groups in total. The predicted octanol–water partition coefficient (Wildman–Crippen LogP) is 0.365. The molecule has 0 spiro atoms. The molecule has 0 radical (unpaired) electrons. The molecule has 0 aromatic heterocycles. The fourth-order valence-electron chi connectivity index (χ4n) is 0.373. The lowest BCUT2D eigenvalue weighted by Crippen LogP contribution is -2.17. The van der Waals surface area contributed by atoms with Crippen molar-refractivity contribution in [3.05, 3.63) is 12.6 Å². The summed E-state index contributed by atoms with van der Waals surface area (Å²) in [7, 11) is 0. The predicted molar refractivity (Wildman–Crippen MR) is 35.0 cm³/mol. The van der Waals surface area contributed by atoms with Crippen LogP contribution in [0.3, 0.4) is 0 Å². The number of carboxylic acid groups (broad SMARTS) is 1. The van der Waals surface area contributed by atoms with Crippen molar-refractivity contribution in [3.63, 3.8) is 0 Å². The number of hydrogen-bond acceptors (Lipinski definition) is 2. The van der Waals surface area contributed by atoms with Crippen LogP contribution < -0.4 is 5.73 Å². The minimum Gasteiger partial charge on any atom is -0.481 e. The highest BCUT2D eigenvalue weighted by atomic mass is 16.4. The lowest BCUT2D eigenvalue weighted by atomic mass is 10.2. The Balaban J connectivity index is 3.61. The average Bonchev–Trinajstić information content (AvgIpc) is 1.82. The summed E-state index contributed by atoms with van der Waals surface area (Å²) in [6, 6.07) is -0.490. The van der Waals surface area contributed by atoms with Crippen molar-refractivity contribution in [2.45, 2.75) is 18.9 Å². The molecule has 0 rings (SSSR count). The van der Waals surface area contributed by atoms with Crippen molar-refractivity contribution in [2.75, 3.05) is 0 Å².